The zero-order valence-electron chi connectivity index (χ0n) is 17.0. The summed E-state index contributed by atoms with van der Waals surface area (Å²) < 4.78 is 10.6. The lowest BCUT2D eigenvalue weighted by Gasteiger charge is -2.35. The second-order valence-electron chi connectivity index (χ2n) is 7.38. The van der Waals surface area contributed by atoms with Crippen LogP contribution in [0.3, 0.4) is 0 Å². The van der Waals surface area contributed by atoms with E-state index in [2.05, 4.69) is 10.6 Å². The highest BCUT2D eigenvalue weighted by Gasteiger charge is 2.33. The fourth-order valence-electron chi connectivity index (χ4n) is 3.72. The van der Waals surface area contributed by atoms with Gasteiger partial charge in [0.05, 0.1) is 0 Å². The minimum atomic E-state index is -0.640. The number of ether oxygens (including phenoxy) is 2. The van der Waals surface area contributed by atoms with Crippen LogP contribution in [0.15, 0.2) is 18.2 Å². The van der Waals surface area contributed by atoms with Gasteiger partial charge in [-0.25, -0.2) is 0 Å². The molecule has 2 heterocycles. The molecule has 1 atom stereocenters. The third-order valence-corrected chi connectivity index (χ3v) is 5.42. The van der Waals surface area contributed by atoms with Gasteiger partial charge in [0.25, 0.3) is 5.91 Å². The number of fused-ring (bicyclic) bond motifs is 1. The first-order chi connectivity index (χ1) is 14.0. The lowest BCUT2D eigenvalue weighted by molar-refractivity contribution is -0.132. The van der Waals surface area contributed by atoms with Gasteiger partial charge in [0.15, 0.2) is 11.5 Å². The Morgan fingerprint density at radius 1 is 1.14 bits per heavy atom. The van der Waals surface area contributed by atoms with Crippen LogP contribution in [0.1, 0.15) is 49.9 Å². The summed E-state index contributed by atoms with van der Waals surface area (Å²) in [6, 6.07) is 4.34. The number of amides is 3. The average Bonchev–Trinajstić information content (AvgIpc) is 3.23. The van der Waals surface area contributed by atoms with E-state index in [1.807, 2.05) is 18.7 Å². The number of hydrogen-bond acceptors (Lipinski definition) is 5. The largest absolute Gasteiger partial charge is 0.454 e. The van der Waals surface area contributed by atoms with Gasteiger partial charge in [0, 0.05) is 31.6 Å². The first-order valence-electron chi connectivity index (χ1n) is 10.3. The van der Waals surface area contributed by atoms with Crippen LogP contribution >= 0.6 is 0 Å². The maximum absolute atomic E-state index is 12.8. The van der Waals surface area contributed by atoms with Crippen LogP contribution in [-0.4, -0.2) is 55.1 Å². The molecule has 2 N–H and O–H groups in total. The zero-order chi connectivity index (χ0) is 20.8. The standard InChI is InChI=1S/C21H29N3O5/c1-3-9-22-21(27)19(14-7-10-24(11-8-14)18(25)4-2)23-20(26)15-5-6-16-17(12-15)29-13-28-16/h5-6,12,14,19H,3-4,7-11,13H2,1-2H3,(H,22,27)(H,23,26). The van der Waals surface area contributed by atoms with E-state index in [1.165, 1.54) is 0 Å². The maximum Gasteiger partial charge on any atom is 0.252 e. The SMILES string of the molecule is CCCNC(=O)C(NC(=O)c1ccc2c(c1)OCO2)C1CCN(C(=O)CC)CC1. The van der Waals surface area contributed by atoms with Crippen LogP contribution < -0.4 is 20.1 Å². The Hall–Kier alpha value is -2.77. The van der Waals surface area contributed by atoms with Crippen molar-refractivity contribution in [2.45, 2.75) is 45.6 Å². The molecule has 1 fully saturated rings. The number of piperidine rings is 1. The minimum Gasteiger partial charge on any atom is -0.454 e. The summed E-state index contributed by atoms with van der Waals surface area (Å²) in [7, 11) is 0. The maximum atomic E-state index is 12.8. The van der Waals surface area contributed by atoms with Gasteiger partial charge >= 0.3 is 0 Å². The van der Waals surface area contributed by atoms with Crippen molar-refractivity contribution >= 4 is 17.7 Å². The molecule has 3 rings (SSSR count). The van der Waals surface area contributed by atoms with Crippen LogP contribution in [0.4, 0.5) is 0 Å². The lowest BCUT2D eigenvalue weighted by Crippen LogP contribution is -2.53. The van der Waals surface area contributed by atoms with Crippen LogP contribution in [0.2, 0.25) is 0 Å². The summed E-state index contributed by atoms with van der Waals surface area (Å²) in [4.78, 5) is 39.4. The number of benzene rings is 1. The second kappa shape index (κ2) is 9.62. The van der Waals surface area contributed by atoms with Crippen molar-refractivity contribution in [1.29, 1.82) is 0 Å². The zero-order valence-corrected chi connectivity index (χ0v) is 17.0. The summed E-state index contributed by atoms with van der Waals surface area (Å²) in [6.45, 7) is 5.74. The Morgan fingerprint density at radius 2 is 1.86 bits per heavy atom. The van der Waals surface area contributed by atoms with Gasteiger partial charge in [0.2, 0.25) is 18.6 Å². The second-order valence-corrected chi connectivity index (χ2v) is 7.38. The normalized spacial score (nSPS) is 17.0. The van der Waals surface area contributed by atoms with Crippen LogP contribution in [0.5, 0.6) is 11.5 Å². The summed E-state index contributed by atoms with van der Waals surface area (Å²) in [5.41, 5.74) is 0.418. The van der Waals surface area contributed by atoms with Crippen molar-refractivity contribution in [2.75, 3.05) is 26.4 Å². The molecule has 158 valence electrons. The number of nitrogens with zero attached hydrogens (tertiary/aromatic N) is 1. The quantitative estimate of drug-likeness (QED) is 0.722. The number of hydrogen-bond donors (Lipinski definition) is 2. The molecule has 3 amide bonds. The summed E-state index contributed by atoms with van der Waals surface area (Å²) in [5.74, 6) is 0.724. The molecular formula is C21H29N3O5. The Labute approximate surface area is 170 Å². The van der Waals surface area contributed by atoms with Gasteiger partial charge in [-0.15, -0.1) is 0 Å². The van der Waals surface area contributed by atoms with Crippen molar-refractivity contribution < 1.29 is 23.9 Å². The highest BCUT2D eigenvalue weighted by atomic mass is 16.7. The summed E-state index contributed by atoms with van der Waals surface area (Å²) in [6.07, 6.45) is 2.65. The first-order valence-corrected chi connectivity index (χ1v) is 10.3. The van der Waals surface area contributed by atoms with Crippen molar-refractivity contribution in [3.05, 3.63) is 23.8 Å². The van der Waals surface area contributed by atoms with E-state index < -0.39 is 6.04 Å². The van der Waals surface area contributed by atoms with Gasteiger partial charge < -0.3 is 25.0 Å². The topological polar surface area (TPSA) is 97.0 Å². The number of nitrogens with one attached hydrogen (secondary N) is 2. The van der Waals surface area contributed by atoms with Crippen LogP contribution in [0, 0.1) is 5.92 Å². The van der Waals surface area contributed by atoms with E-state index in [0.29, 0.717) is 56.0 Å². The Balaban J connectivity index is 1.69. The van der Waals surface area contributed by atoms with Crippen LogP contribution in [0.25, 0.3) is 0 Å². The predicted molar refractivity (Wildman–Crippen MR) is 107 cm³/mol. The van der Waals surface area contributed by atoms with E-state index >= 15 is 0 Å². The van der Waals surface area contributed by atoms with Gasteiger partial charge in [-0.2, -0.15) is 0 Å². The van der Waals surface area contributed by atoms with Gasteiger partial charge in [-0.1, -0.05) is 13.8 Å². The molecule has 1 unspecified atom stereocenters. The fourth-order valence-corrected chi connectivity index (χ4v) is 3.72. The van der Waals surface area contributed by atoms with Crippen molar-refractivity contribution in [2.24, 2.45) is 5.92 Å². The molecule has 1 aromatic rings. The third-order valence-electron chi connectivity index (χ3n) is 5.42. The molecule has 0 spiro atoms. The number of carbonyl (C=O) groups is 3. The van der Waals surface area contributed by atoms with Gasteiger partial charge in [-0.05, 0) is 43.4 Å². The predicted octanol–water partition coefficient (Wildman–Crippen LogP) is 1.69. The molecule has 0 saturated carbocycles. The molecule has 29 heavy (non-hydrogen) atoms. The highest BCUT2D eigenvalue weighted by molar-refractivity contribution is 5.98. The molecule has 0 radical (unpaired) electrons. The summed E-state index contributed by atoms with van der Waals surface area (Å²) in [5, 5.41) is 5.80. The molecule has 0 aliphatic carbocycles. The molecule has 8 nitrogen and oxygen atoms in total. The molecule has 1 saturated heterocycles. The van der Waals surface area contributed by atoms with E-state index in [-0.39, 0.29) is 30.4 Å². The minimum absolute atomic E-state index is 0.0225. The number of carbonyl (C=O) groups excluding carboxylic acids is 3. The Kier molecular flexibility index (Phi) is 6.95. The van der Waals surface area contributed by atoms with Crippen molar-refractivity contribution in [3.8, 4) is 11.5 Å². The molecule has 2 aliphatic heterocycles. The molecule has 8 heteroatoms. The molecular weight excluding hydrogens is 374 g/mol. The van der Waals surface area contributed by atoms with E-state index in [1.54, 1.807) is 18.2 Å². The van der Waals surface area contributed by atoms with Crippen molar-refractivity contribution in [3.63, 3.8) is 0 Å². The van der Waals surface area contributed by atoms with Gasteiger partial charge in [-0.3, -0.25) is 14.4 Å². The number of rotatable bonds is 7. The summed E-state index contributed by atoms with van der Waals surface area (Å²) >= 11 is 0. The lowest BCUT2D eigenvalue weighted by atomic mass is 9.88. The number of likely N-dealkylation sites (tertiary alicyclic amines) is 1. The smallest absolute Gasteiger partial charge is 0.252 e. The molecule has 0 aromatic heterocycles. The Bertz CT molecular complexity index is 759. The van der Waals surface area contributed by atoms with E-state index in [4.69, 9.17) is 9.47 Å². The third kappa shape index (κ3) is 4.99. The Morgan fingerprint density at radius 3 is 2.55 bits per heavy atom. The molecule has 0 bridgehead atoms. The average molecular weight is 403 g/mol. The van der Waals surface area contributed by atoms with Crippen molar-refractivity contribution in [1.82, 2.24) is 15.5 Å². The first kappa shape index (κ1) is 21.0. The fraction of sp³-hybridized carbons (Fsp3) is 0.571. The molecule has 1 aromatic carbocycles. The van der Waals surface area contributed by atoms with Gasteiger partial charge in [0.1, 0.15) is 6.04 Å². The van der Waals surface area contributed by atoms with E-state index in [0.717, 1.165) is 6.42 Å². The van der Waals surface area contributed by atoms with Crippen LogP contribution in [-0.2, 0) is 9.59 Å². The highest BCUT2D eigenvalue weighted by Crippen LogP contribution is 2.32. The van der Waals surface area contributed by atoms with E-state index in [9.17, 15) is 14.4 Å². The molecule has 2 aliphatic rings. The monoisotopic (exact) mass is 403 g/mol.